The first kappa shape index (κ1) is 17.4. The van der Waals surface area contributed by atoms with Crippen LogP contribution in [0.15, 0.2) is 35.8 Å². The molecule has 2 aromatic heterocycles. The Hall–Kier alpha value is -2.65. The third-order valence-corrected chi connectivity index (χ3v) is 6.07. The molecule has 1 aromatic carbocycles. The third-order valence-electron chi connectivity index (χ3n) is 5.33. The highest BCUT2D eigenvalue weighted by molar-refractivity contribution is 7.12. The average molecular weight is 399 g/mol. The third kappa shape index (κ3) is 3.20. The van der Waals surface area contributed by atoms with Crippen LogP contribution >= 0.6 is 11.3 Å². The first-order valence-corrected chi connectivity index (χ1v) is 10.1. The monoisotopic (exact) mass is 399 g/mol. The summed E-state index contributed by atoms with van der Waals surface area (Å²) in [5.74, 6) is 0.372. The van der Waals surface area contributed by atoms with Crippen LogP contribution in [-0.4, -0.2) is 49.9 Å². The van der Waals surface area contributed by atoms with Gasteiger partial charge in [0.05, 0.1) is 5.69 Å². The van der Waals surface area contributed by atoms with Gasteiger partial charge in [-0.3, -0.25) is 0 Å². The minimum absolute atomic E-state index is 0.0782. The van der Waals surface area contributed by atoms with E-state index in [2.05, 4.69) is 25.7 Å². The maximum atomic E-state index is 14.5. The molecule has 2 fully saturated rings. The Labute approximate surface area is 164 Å². The lowest BCUT2D eigenvalue weighted by atomic mass is 10.0. The van der Waals surface area contributed by atoms with Crippen molar-refractivity contribution in [1.29, 1.82) is 0 Å². The molecule has 2 saturated heterocycles. The van der Waals surface area contributed by atoms with Gasteiger partial charge in [0.1, 0.15) is 22.4 Å². The van der Waals surface area contributed by atoms with Gasteiger partial charge in [0.15, 0.2) is 6.17 Å². The standard InChI is InChI=1S/C19H18FN5O2S/c20-18-14-4-2-11(22-14)8-16(18)27-17-6-5-13(23-24-17)12-3-1-10(7-15(12)26)19-25-21-9-28-19/h1,3,5-7,9,11,14,16,18,22,26H,2,4,8H2/t11?,14?,16-,18+/m0/s1. The summed E-state index contributed by atoms with van der Waals surface area (Å²) in [5, 5.41) is 30.4. The highest BCUT2D eigenvalue weighted by Gasteiger charge is 2.43. The number of benzene rings is 1. The highest BCUT2D eigenvalue weighted by Crippen LogP contribution is 2.34. The van der Waals surface area contributed by atoms with E-state index in [1.54, 1.807) is 29.8 Å². The van der Waals surface area contributed by atoms with E-state index in [4.69, 9.17) is 4.74 Å². The molecule has 28 heavy (non-hydrogen) atoms. The lowest BCUT2D eigenvalue weighted by Gasteiger charge is -2.32. The van der Waals surface area contributed by atoms with Crippen molar-refractivity contribution >= 4 is 11.3 Å². The molecule has 4 heterocycles. The summed E-state index contributed by atoms with van der Waals surface area (Å²) < 4.78 is 20.3. The lowest BCUT2D eigenvalue weighted by Crippen LogP contribution is -2.51. The number of aromatic nitrogens is 4. The highest BCUT2D eigenvalue weighted by atomic mass is 32.1. The summed E-state index contributed by atoms with van der Waals surface area (Å²) in [6, 6.07) is 8.80. The van der Waals surface area contributed by atoms with E-state index in [0.29, 0.717) is 29.6 Å². The van der Waals surface area contributed by atoms with E-state index >= 15 is 0 Å². The van der Waals surface area contributed by atoms with Crippen LogP contribution in [0.2, 0.25) is 0 Å². The number of fused-ring (bicyclic) bond motifs is 2. The molecule has 0 radical (unpaired) electrons. The van der Waals surface area contributed by atoms with Crippen molar-refractivity contribution in [1.82, 2.24) is 25.7 Å². The largest absolute Gasteiger partial charge is 0.507 e. The van der Waals surface area contributed by atoms with Gasteiger partial charge >= 0.3 is 0 Å². The predicted molar refractivity (Wildman–Crippen MR) is 102 cm³/mol. The van der Waals surface area contributed by atoms with Crippen LogP contribution in [0.4, 0.5) is 4.39 Å². The number of piperidine rings is 1. The Morgan fingerprint density at radius 3 is 2.82 bits per heavy atom. The molecule has 9 heteroatoms. The number of nitrogens with zero attached hydrogens (tertiary/aromatic N) is 4. The van der Waals surface area contributed by atoms with E-state index in [1.807, 2.05) is 6.07 Å². The fourth-order valence-corrected chi connectivity index (χ4v) is 4.48. The lowest BCUT2D eigenvalue weighted by molar-refractivity contribution is 0.0422. The van der Waals surface area contributed by atoms with Crippen molar-refractivity contribution in [3.05, 3.63) is 35.8 Å². The minimum atomic E-state index is -1.04. The number of phenols is 1. The second-order valence-corrected chi connectivity index (χ2v) is 7.95. The van der Waals surface area contributed by atoms with Gasteiger partial charge in [-0.1, -0.05) is 17.4 Å². The second kappa shape index (κ2) is 7.06. The van der Waals surface area contributed by atoms with E-state index in [1.165, 1.54) is 11.3 Å². The molecular weight excluding hydrogens is 381 g/mol. The van der Waals surface area contributed by atoms with Gasteiger partial charge in [0, 0.05) is 35.7 Å². The van der Waals surface area contributed by atoms with Crippen molar-refractivity contribution < 1.29 is 14.2 Å². The molecule has 0 saturated carbocycles. The molecule has 2 unspecified atom stereocenters. The van der Waals surface area contributed by atoms with E-state index in [0.717, 1.165) is 23.4 Å². The van der Waals surface area contributed by atoms with Crippen LogP contribution in [-0.2, 0) is 0 Å². The summed E-state index contributed by atoms with van der Waals surface area (Å²) in [4.78, 5) is 0. The van der Waals surface area contributed by atoms with E-state index in [9.17, 15) is 9.50 Å². The quantitative estimate of drug-likeness (QED) is 0.697. The van der Waals surface area contributed by atoms with Crippen molar-refractivity contribution in [2.75, 3.05) is 0 Å². The molecule has 5 rings (SSSR count). The molecule has 2 aliphatic rings. The van der Waals surface area contributed by atoms with Gasteiger partial charge in [-0.15, -0.1) is 20.4 Å². The molecule has 0 spiro atoms. The molecule has 4 atom stereocenters. The van der Waals surface area contributed by atoms with Crippen LogP contribution in [0.1, 0.15) is 19.3 Å². The van der Waals surface area contributed by atoms with Gasteiger partial charge in [0.2, 0.25) is 5.88 Å². The number of phenolic OH excluding ortho intramolecular Hbond substituents is 1. The summed E-state index contributed by atoms with van der Waals surface area (Å²) in [7, 11) is 0. The fraction of sp³-hybridized carbons (Fsp3) is 0.368. The predicted octanol–water partition coefficient (Wildman–Crippen LogP) is 2.98. The van der Waals surface area contributed by atoms with Crippen LogP contribution in [0, 0.1) is 0 Å². The number of hydrogen-bond acceptors (Lipinski definition) is 8. The SMILES string of the molecule is Oc1cc(-c2nncs2)ccc1-c1ccc(O[C@H]2CC3CCC(N3)[C@H]2F)nn1. The topological polar surface area (TPSA) is 93.1 Å². The zero-order chi connectivity index (χ0) is 19.1. The zero-order valence-electron chi connectivity index (χ0n) is 14.8. The van der Waals surface area contributed by atoms with Gasteiger partial charge in [-0.2, -0.15) is 0 Å². The van der Waals surface area contributed by atoms with Crippen molar-refractivity contribution in [2.45, 2.75) is 43.6 Å². The molecule has 2 N–H and O–H groups in total. The summed E-state index contributed by atoms with van der Waals surface area (Å²) in [6.07, 6.45) is 0.926. The average Bonchev–Trinajstić information content (AvgIpc) is 3.37. The number of aromatic hydroxyl groups is 1. The van der Waals surface area contributed by atoms with Gasteiger partial charge < -0.3 is 15.2 Å². The zero-order valence-corrected chi connectivity index (χ0v) is 15.6. The summed E-state index contributed by atoms with van der Waals surface area (Å²) >= 11 is 1.40. The van der Waals surface area contributed by atoms with Gasteiger partial charge in [-0.25, -0.2) is 4.39 Å². The maximum Gasteiger partial charge on any atom is 0.233 e. The number of hydrogen-bond donors (Lipinski definition) is 2. The Morgan fingerprint density at radius 2 is 2.07 bits per heavy atom. The number of rotatable bonds is 4. The molecule has 2 aliphatic heterocycles. The summed E-state index contributed by atoms with van der Waals surface area (Å²) in [5.41, 5.74) is 3.48. The van der Waals surface area contributed by atoms with Crippen molar-refractivity contribution in [2.24, 2.45) is 0 Å². The fourth-order valence-electron chi connectivity index (χ4n) is 3.93. The molecule has 3 aromatic rings. The Balaban J connectivity index is 1.32. The molecule has 0 amide bonds. The summed E-state index contributed by atoms with van der Waals surface area (Å²) in [6.45, 7) is 0. The Kier molecular flexibility index (Phi) is 4.40. The maximum absolute atomic E-state index is 14.5. The van der Waals surface area contributed by atoms with Gasteiger partial charge in [-0.05, 0) is 31.0 Å². The molecule has 7 nitrogen and oxygen atoms in total. The number of alkyl halides is 1. The molecule has 2 bridgehead atoms. The van der Waals surface area contributed by atoms with Crippen LogP contribution < -0.4 is 10.1 Å². The van der Waals surface area contributed by atoms with Crippen molar-refractivity contribution in [3.8, 4) is 33.5 Å². The normalized spacial score (nSPS) is 26.3. The van der Waals surface area contributed by atoms with Gasteiger partial charge in [0.25, 0.3) is 0 Å². The Bertz CT molecular complexity index is 969. The second-order valence-electron chi connectivity index (χ2n) is 7.12. The van der Waals surface area contributed by atoms with E-state index in [-0.39, 0.29) is 11.8 Å². The first-order valence-electron chi connectivity index (χ1n) is 9.18. The minimum Gasteiger partial charge on any atom is -0.507 e. The number of halogens is 1. The van der Waals surface area contributed by atoms with Crippen LogP contribution in [0.25, 0.3) is 21.8 Å². The van der Waals surface area contributed by atoms with Crippen LogP contribution in [0.3, 0.4) is 0 Å². The van der Waals surface area contributed by atoms with E-state index < -0.39 is 12.3 Å². The smallest absolute Gasteiger partial charge is 0.233 e. The Morgan fingerprint density at radius 1 is 1.14 bits per heavy atom. The molecular formula is C19H18FN5O2S. The van der Waals surface area contributed by atoms with Crippen molar-refractivity contribution in [3.63, 3.8) is 0 Å². The first-order chi connectivity index (χ1) is 13.7. The van der Waals surface area contributed by atoms with Crippen LogP contribution in [0.5, 0.6) is 11.6 Å². The molecule has 144 valence electrons. The number of ether oxygens (including phenoxy) is 1. The number of nitrogens with one attached hydrogen (secondary N) is 1. The molecule has 0 aliphatic carbocycles.